The summed E-state index contributed by atoms with van der Waals surface area (Å²) in [5.74, 6) is 0.779. The maximum Gasteiger partial charge on any atom is 0.489 e. The number of ether oxygens (including phenoxy) is 1. The average Bonchev–Trinajstić information content (AvgIpc) is 2.52. The molecular formula is C17H21BO3. The Morgan fingerprint density at radius 3 is 2.29 bits per heavy atom. The van der Waals surface area contributed by atoms with Crippen molar-refractivity contribution in [3.05, 3.63) is 48.5 Å². The van der Waals surface area contributed by atoms with Crippen molar-refractivity contribution in [3.63, 3.8) is 0 Å². The van der Waals surface area contributed by atoms with Crippen LogP contribution in [0.3, 0.4) is 0 Å². The van der Waals surface area contributed by atoms with Crippen LogP contribution in [0.15, 0.2) is 48.5 Å². The summed E-state index contributed by atoms with van der Waals surface area (Å²) in [6.45, 7) is 2.83. The Labute approximate surface area is 126 Å². The molecule has 0 unspecified atom stereocenters. The Morgan fingerprint density at radius 1 is 0.905 bits per heavy atom. The van der Waals surface area contributed by atoms with Crippen molar-refractivity contribution in [2.24, 2.45) is 0 Å². The number of benzene rings is 2. The van der Waals surface area contributed by atoms with Crippen molar-refractivity contribution in [1.82, 2.24) is 0 Å². The first-order valence-electron chi connectivity index (χ1n) is 7.41. The summed E-state index contributed by atoms with van der Waals surface area (Å²) in [5, 5.41) is 19.0. The highest BCUT2D eigenvalue weighted by molar-refractivity contribution is 6.60. The maximum absolute atomic E-state index is 9.52. The Hall–Kier alpha value is -1.78. The Bertz CT molecular complexity index is 569. The van der Waals surface area contributed by atoms with Crippen LogP contribution in [0.2, 0.25) is 0 Å². The van der Waals surface area contributed by atoms with Gasteiger partial charge in [-0.05, 0) is 23.5 Å². The molecule has 2 rings (SSSR count). The van der Waals surface area contributed by atoms with Gasteiger partial charge in [0.25, 0.3) is 0 Å². The van der Waals surface area contributed by atoms with Gasteiger partial charge in [-0.25, -0.2) is 0 Å². The normalized spacial score (nSPS) is 10.4. The standard InChI is InChI=1S/C17H21BO3/c1-2-3-8-13-21-17-12-7-5-10-15(17)14-9-4-6-11-16(14)18(19)20/h4-7,9-12,19-20H,2-3,8,13H2,1H3. The Morgan fingerprint density at radius 2 is 1.57 bits per heavy atom. The minimum Gasteiger partial charge on any atom is -0.493 e. The summed E-state index contributed by atoms with van der Waals surface area (Å²) in [5.41, 5.74) is 2.17. The molecule has 0 heterocycles. The number of para-hydroxylation sites is 1. The van der Waals surface area contributed by atoms with Gasteiger partial charge in [0.05, 0.1) is 6.61 Å². The van der Waals surface area contributed by atoms with Crippen LogP contribution >= 0.6 is 0 Å². The molecule has 0 atom stereocenters. The molecular weight excluding hydrogens is 263 g/mol. The molecule has 0 amide bonds. The fraction of sp³-hybridized carbons (Fsp3) is 0.294. The quantitative estimate of drug-likeness (QED) is 0.607. The van der Waals surface area contributed by atoms with Crippen LogP contribution in [0, 0.1) is 0 Å². The number of hydrogen-bond donors (Lipinski definition) is 2. The molecule has 0 radical (unpaired) electrons. The summed E-state index contributed by atoms with van der Waals surface area (Å²) in [7, 11) is -1.49. The lowest BCUT2D eigenvalue weighted by Gasteiger charge is -2.14. The monoisotopic (exact) mass is 284 g/mol. The number of unbranched alkanes of at least 4 members (excludes halogenated alkanes) is 2. The van der Waals surface area contributed by atoms with Crippen molar-refractivity contribution in [2.45, 2.75) is 26.2 Å². The molecule has 21 heavy (non-hydrogen) atoms. The summed E-state index contributed by atoms with van der Waals surface area (Å²) in [4.78, 5) is 0. The first-order valence-corrected chi connectivity index (χ1v) is 7.41. The van der Waals surface area contributed by atoms with Crippen molar-refractivity contribution in [3.8, 4) is 16.9 Å². The first kappa shape index (κ1) is 15.6. The molecule has 0 bridgehead atoms. The van der Waals surface area contributed by atoms with Crippen LogP contribution in [0.1, 0.15) is 26.2 Å². The molecule has 0 aromatic heterocycles. The summed E-state index contributed by atoms with van der Waals surface area (Å²) < 4.78 is 5.87. The third-order valence-corrected chi connectivity index (χ3v) is 3.42. The molecule has 0 aliphatic carbocycles. The van der Waals surface area contributed by atoms with E-state index in [0.29, 0.717) is 12.1 Å². The molecule has 0 aliphatic heterocycles. The third kappa shape index (κ3) is 4.10. The fourth-order valence-electron chi connectivity index (χ4n) is 2.32. The summed E-state index contributed by atoms with van der Waals surface area (Å²) >= 11 is 0. The molecule has 2 aromatic carbocycles. The highest BCUT2D eigenvalue weighted by Gasteiger charge is 2.18. The zero-order valence-electron chi connectivity index (χ0n) is 12.3. The number of hydrogen-bond acceptors (Lipinski definition) is 3. The highest BCUT2D eigenvalue weighted by Crippen LogP contribution is 2.29. The minimum absolute atomic E-state index is 0.488. The molecule has 0 spiro atoms. The van der Waals surface area contributed by atoms with Gasteiger partial charge in [0.1, 0.15) is 5.75 Å². The lowest BCUT2D eigenvalue weighted by Crippen LogP contribution is -2.31. The highest BCUT2D eigenvalue weighted by atomic mass is 16.5. The predicted octanol–water partition coefficient (Wildman–Crippen LogP) is 2.60. The van der Waals surface area contributed by atoms with E-state index in [1.807, 2.05) is 36.4 Å². The molecule has 0 saturated heterocycles. The molecule has 2 aromatic rings. The van der Waals surface area contributed by atoms with Crippen molar-refractivity contribution in [2.75, 3.05) is 6.61 Å². The Kier molecular flexibility index (Phi) is 5.84. The lowest BCUT2D eigenvalue weighted by atomic mass is 9.75. The van der Waals surface area contributed by atoms with Gasteiger partial charge in [-0.1, -0.05) is 62.2 Å². The molecule has 3 nitrogen and oxygen atoms in total. The van der Waals surface area contributed by atoms with Gasteiger partial charge in [0.2, 0.25) is 0 Å². The molecule has 0 saturated carbocycles. The second kappa shape index (κ2) is 7.86. The van der Waals surface area contributed by atoms with E-state index in [-0.39, 0.29) is 0 Å². The van der Waals surface area contributed by atoms with Gasteiger partial charge in [-0.3, -0.25) is 0 Å². The van der Waals surface area contributed by atoms with E-state index in [1.54, 1.807) is 12.1 Å². The van der Waals surface area contributed by atoms with E-state index in [2.05, 4.69) is 6.92 Å². The van der Waals surface area contributed by atoms with Gasteiger partial charge in [-0.2, -0.15) is 0 Å². The molecule has 0 fully saturated rings. The van der Waals surface area contributed by atoms with Gasteiger partial charge in [0.15, 0.2) is 0 Å². The predicted molar refractivity (Wildman–Crippen MR) is 86.7 cm³/mol. The van der Waals surface area contributed by atoms with Crippen molar-refractivity contribution in [1.29, 1.82) is 0 Å². The molecule has 0 aliphatic rings. The van der Waals surface area contributed by atoms with E-state index in [0.717, 1.165) is 36.1 Å². The maximum atomic E-state index is 9.52. The van der Waals surface area contributed by atoms with Crippen LogP contribution in [-0.2, 0) is 0 Å². The second-order valence-corrected chi connectivity index (χ2v) is 5.01. The van der Waals surface area contributed by atoms with Crippen LogP contribution in [-0.4, -0.2) is 23.8 Å². The molecule has 110 valence electrons. The fourth-order valence-corrected chi connectivity index (χ4v) is 2.32. The van der Waals surface area contributed by atoms with Crippen LogP contribution in [0.5, 0.6) is 5.75 Å². The minimum atomic E-state index is -1.49. The van der Waals surface area contributed by atoms with Crippen molar-refractivity contribution >= 4 is 12.6 Å². The Balaban J connectivity index is 2.28. The summed E-state index contributed by atoms with van der Waals surface area (Å²) in [6.07, 6.45) is 3.33. The topological polar surface area (TPSA) is 49.7 Å². The van der Waals surface area contributed by atoms with E-state index >= 15 is 0 Å². The summed E-state index contributed by atoms with van der Waals surface area (Å²) in [6, 6.07) is 15.0. The zero-order chi connectivity index (χ0) is 15.1. The molecule has 4 heteroatoms. The van der Waals surface area contributed by atoms with Gasteiger partial charge in [0, 0.05) is 5.56 Å². The smallest absolute Gasteiger partial charge is 0.489 e. The van der Waals surface area contributed by atoms with Crippen LogP contribution < -0.4 is 10.2 Å². The van der Waals surface area contributed by atoms with Gasteiger partial charge < -0.3 is 14.8 Å². The van der Waals surface area contributed by atoms with Gasteiger partial charge in [-0.15, -0.1) is 0 Å². The zero-order valence-corrected chi connectivity index (χ0v) is 12.3. The van der Waals surface area contributed by atoms with Crippen LogP contribution in [0.4, 0.5) is 0 Å². The SMILES string of the molecule is CCCCCOc1ccccc1-c1ccccc1B(O)O. The van der Waals surface area contributed by atoms with Crippen molar-refractivity contribution < 1.29 is 14.8 Å². The van der Waals surface area contributed by atoms with E-state index in [9.17, 15) is 10.0 Å². The van der Waals surface area contributed by atoms with Gasteiger partial charge >= 0.3 is 7.12 Å². The average molecular weight is 284 g/mol. The second-order valence-electron chi connectivity index (χ2n) is 5.01. The first-order chi connectivity index (χ1) is 10.2. The molecule has 2 N–H and O–H groups in total. The van der Waals surface area contributed by atoms with Crippen LogP contribution in [0.25, 0.3) is 11.1 Å². The number of rotatable bonds is 7. The largest absolute Gasteiger partial charge is 0.493 e. The third-order valence-electron chi connectivity index (χ3n) is 3.42. The van der Waals surface area contributed by atoms with E-state index in [1.165, 1.54) is 0 Å². The van der Waals surface area contributed by atoms with E-state index in [4.69, 9.17) is 4.74 Å². The van der Waals surface area contributed by atoms with E-state index < -0.39 is 7.12 Å². The lowest BCUT2D eigenvalue weighted by molar-refractivity contribution is 0.307.